The van der Waals surface area contributed by atoms with Crippen LogP contribution in [0, 0.1) is 0 Å². The van der Waals surface area contributed by atoms with Crippen LogP contribution in [0.15, 0.2) is 64.2 Å². The number of aromatic nitrogens is 2. The van der Waals surface area contributed by atoms with Gasteiger partial charge in [-0.15, -0.1) is 0 Å². The van der Waals surface area contributed by atoms with E-state index in [1.54, 1.807) is 18.2 Å². The third-order valence-corrected chi connectivity index (χ3v) is 5.85. The van der Waals surface area contributed by atoms with Gasteiger partial charge >= 0.3 is 0 Å². The highest BCUT2D eigenvalue weighted by Crippen LogP contribution is 2.25. The van der Waals surface area contributed by atoms with Gasteiger partial charge in [-0.3, -0.25) is 9.52 Å². The molecule has 2 aromatic carbocycles. The molecule has 31 heavy (non-hydrogen) atoms. The molecule has 0 saturated heterocycles. The smallest absolute Gasteiger partial charge is 0.263 e. The van der Waals surface area contributed by atoms with Crippen LogP contribution in [0.4, 0.5) is 11.5 Å². The van der Waals surface area contributed by atoms with Crippen molar-refractivity contribution < 1.29 is 22.7 Å². The van der Waals surface area contributed by atoms with Crippen molar-refractivity contribution in [3.05, 3.63) is 64.9 Å². The topological polar surface area (TPSA) is 120 Å². The molecule has 0 aliphatic carbocycles. The molecule has 0 fully saturated rings. The van der Waals surface area contributed by atoms with Gasteiger partial charge in [0.15, 0.2) is 0 Å². The van der Waals surface area contributed by atoms with E-state index >= 15 is 0 Å². The Morgan fingerprint density at radius 1 is 1.10 bits per heavy atom. The molecule has 0 unspecified atom stereocenters. The Balaban J connectivity index is 1.77. The van der Waals surface area contributed by atoms with E-state index in [0.717, 1.165) is 4.47 Å². The van der Waals surface area contributed by atoms with Crippen molar-refractivity contribution in [2.45, 2.75) is 11.8 Å². The lowest BCUT2D eigenvalue weighted by Crippen LogP contribution is -2.16. The summed E-state index contributed by atoms with van der Waals surface area (Å²) in [6.45, 7) is 2.24. The number of benzene rings is 2. The van der Waals surface area contributed by atoms with E-state index in [9.17, 15) is 13.2 Å². The second kappa shape index (κ2) is 9.75. The van der Waals surface area contributed by atoms with Gasteiger partial charge < -0.3 is 14.8 Å². The van der Waals surface area contributed by atoms with Crippen LogP contribution < -0.4 is 19.5 Å². The molecule has 11 heteroatoms. The number of amides is 1. The summed E-state index contributed by atoms with van der Waals surface area (Å²) < 4.78 is 38.8. The highest BCUT2D eigenvalue weighted by Gasteiger charge is 2.19. The Morgan fingerprint density at radius 2 is 1.81 bits per heavy atom. The van der Waals surface area contributed by atoms with E-state index in [-0.39, 0.29) is 22.5 Å². The zero-order valence-corrected chi connectivity index (χ0v) is 19.0. The predicted molar refractivity (Wildman–Crippen MR) is 119 cm³/mol. The summed E-state index contributed by atoms with van der Waals surface area (Å²) in [4.78, 5) is 20.5. The van der Waals surface area contributed by atoms with Crippen LogP contribution in [0.25, 0.3) is 0 Å². The highest BCUT2D eigenvalue weighted by atomic mass is 79.9. The lowest BCUT2D eigenvalue weighted by Gasteiger charge is -2.12. The first-order valence-electron chi connectivity index (χ1n) is 9.05. The largest absolute Gasteiger partial charge is 0.493 e. The van der Waals surface area contributed by atoms with Gasteiger partial charge in [-0.05, 0) is 49.4 Å². The highest BCUT2D eigenvalue weighted by molar-refractivity contribution is 9.10. The van der Waals surface area contributed by atoms with E-state index in [0.29, 0.717) is 23.6 Å². The summed E-state index contributed by atoms with van der Waals surface area (Å²) in [6, 6.07) is 10.8. The molecule has 162 valence electrons. The number of sulfonamides is 1. The molecule has 2 N–H and O–H groups in total. The minimum absolute atomic E-state index is 0.0179. The van der Waals surface area contributed by atoms with Gasteiger partial charge in [0.25, 0.3) is 21.8 Å². The van der Waals surface area contributed by atoms with E-state index < -0.39 is 10.0 Å². The fraction of sp³-hybridized carbons (Fsp3) is 0.150. The summed E-state index contributed by atoms with van der Waals surface area (Å²) in [6.07, 6.45) is 2.73. The van der Waals surface area contributed by atoms with Gasteiger partial charge in [0.1, 0.15) is 5.75 Å². The minimum atomic E-state index is -3.93. The number of methoxy groups -OCH3 is 1. The molecule has 1 amide bonds. The fourth-order valence-electron chi connectivity index (χ4n) is 2.61. The van der Waals surface area contributed by atoms with E-state index in [1.165, 1.54) is 43.8 Å². The number of nitrogens with zero attached hydrogens (tertiary/aromatic N) is 2. The summed E-state index contributed by atoms with van der Waals surface area (Å²) in [5, 5.41) is 2.73. The molecule has 0 bridgehead atoms. The normalized spacial score (nSPS) is 10.9. The number of hydrogen-bond donors (Lipinski definition) is 2. The summed E-state index contributed by atoms with van der Waals surface area (Å²) in [5.41, 5.74) is 0.771. The average molecular weight is 507 g/mol. The third-order valence-electron chi connectivity index (χ3n) is 4.00. The van der Waals surface area contributed by atoms with Crippen LogP contribution in [-0.4, -0.2) is 38.0 Å². The second-order valence-corrected chi connectivity index (χ2v) is 8.67. The lowest BCUT2D eigenvalue weighted by molar-refractivity contribution is 0.102. The molecule has 0 radical (unpaired) electrons. The maximum absolute atomic E-state index is 12.7. The van der Waals surface area contributed by atoms with Gasteiger partial charge in [-0.25, -0.2) is 18.4 Å². The third kappa shape index (κ3) is 5.50. The van der Waals surface area contributed by atoms with Crippen LogP contribution in [-0.2, 0) is 10.0 Å². The number of carbonyl (C=O) groups excluding carboxylic acids is 1. The summed E-state index contributed by atoms with van der Waals surface area (Å²) >= 11 is 3.34. The summed E-state index contributed by atoms with van der Waals surface area (Å²) in [5.74, 6) is 0.0851. The molecule has 0 spiro atoms. The van der Waals surface area contributed by atoms with Crippen LogP contribution >= 0.6 is 15.9 Å². The van der Waals surface area contributed by atoms with Gasteiger partial charge in [0.05, 0.1) is 24.2 Å². The molecule has 1 heterocycles. The molecular formula is C20H19BrN4O5S. The van der Waals surface area contributed by atoms with Crippen molar-refractivity contribution in [3.63, 3.8) is 0 Å². The molecule has 3 aromatic rings. The SMILES string of the molecule is CCOc1ccc(Br)cc1C(=O)Nc1ccc(S(=O)(=O)Nc2nccnc2OC)cc1. The molecule has 1 aromatic heterocycles. The molecule has 3 rings (SSSR count). The molecular weight excluding hydrogens is 488 g/mol. The van der Waals surface area contributed by atoms with Crippen molar-refractivity contribution in [2.24, 2.45) is 0 Å². The quantitative estimate of drug-likeness (QED) is 0.477. The molecule has 0 aliphatic rings. The summed E-state index contributed by atoms with van der Waals surface area (Å²) in [7, 11) is -2.57. The number of halogens is 1. The first-order valence-corrected chi connectivity index (χ1v) is 11.3. The monoisotopic (exact) mass is 506 g/mol. The van der Waals surface area contributed by atoms with Crippen LogP contribution in [0.5, 0.6) is 11.6 Å². The zero-order chi connectivity index (χ0) is 22.4. The molecule has 0 aliphatic heterocycles. The lowest BCUT2D eigenvalue weighted by atomic mass is 10.2. The van der Waals surface area contributed by atoms with Gasteiger partial charge in [-0.1, -0.05) is 15.9 Å². The Morgan fingerprint density at radius 3 is 2.48 bits per heavy atom. The standard InChI is InChI=1S/C20H19BrN4O5S/c1-3-30-17-9-4-13(21)12-16(17)19(26)24-14-5-7-15(8-6-14)31(27,28)25-18-20(29-2)23-11-10-22-18/h4-12H,3H2,1-2H3,(H,22,25)(H,24,26). The molecule has 0 atom stereocenters. The van der Waals surface area contributed by atoms with Gasteiger partial charge in [0, 0.05) is 22.6 Å². The van der Waals surface area contributed by atoms with Crippen LogP contribution in [0.2, 0.25) is 0 Å². The first-order chi connectivity index (χ1) is 14.8. The number of anilines is 2. The van der Waals surface area contributed by atoms with Crippen molar-refractivity contribution in [2.75, 3.05) is 23.8 Å². The van der Waals surface area contributed by atoms with E-state index in [2.05, 4.69) is 35.9 Å². The van der Waals surface area contributed by atoms with Crippen LogP contribution in [0.1, 0.15) is 17.3 Å². The van der Waals surface area contributed by atoms with Gasteiger partial charge in [-0.2, -0.15) is 0 Å². The maximum Gasteiger partial charge on any atom is 0.263 e. The molecule has 9 nitrogen and oxygen atoms in total. The van der Waals surface area contributed by atoms with E-state index in [4.69, 9.17) is 9.47 Å². The first kappa shape index (κ1) is 22.5. The Bertz CT molecular complexity index is 1190. The number of nitrogens with one attached hydrogen (secondary N) is 2. The van der Waals surface area contributed by atoms with E-state index in [1.807, 2.05) is 6.92 Å². The predicted octanol–water partition coefficient (Wildman–Crippen LogP) is 3.70. The number of rotatable bonds is 8. The Hall–Kier alpha value is -3.18. The maximum atomic E-state index is 12.7. The van der Waals surface area contributed by atoms with Crippen LogP contribution in [0.3, 0.4) is 0 Å². The number of carbonyl (C=O) groups is 1. The molecule has 0 saturated carbocycles. The second-order valence-electron chi connectivity index (χ2n) is 6.07. The van der Waals surface area contributed by atoms with Crippen molar-refractivity contribution in [1.29, 1.82) is 0 Å². The van der Waals surface area contributed by atoms with Crippen molar-refractivity contribution in [1.82, 2.24) is 9.97 Å². The number of hydrogen-bond acceptors (Lipinski definition) is 7. The Kier molecular flexibility index (Phi) is 7.08. The minimum Gasteiger partial charge on any atom is -0.493 e. The van der Waals surface area contributed by atoms with Gasteiger partial charge in [0.2, 0.25) is 5.82 Å². The number of ether oxygens (including phenoxy) is 2. The van der Waals surface area contributed by atoms with Crippen molar-refractivity contribution >= 4 is 43.4 Å². The Labute approximate surface area is 188 Å². The zero-order valence-electron chi connectivity index (χ0n) is 16.6. The van der Waals surface area contributed by atoms with Crippen molar-refractivity contribution in [3.8, 4) is 11.6 Å². The average Bonchev–Trinajstić information content (AvgIpc) is 2.75. The fourth-order valence-corrected chi connectivity index (χ4v) is 3.98.